The molecular formula is C14H18BrN3O. The van der Waals surface area contributed by atoms with Gasteiger partial charge in [0.15, 0.2) is 0 Å². The molecule has 2 aromatic rings. The predicted octanol–water partition coefficient (Wildman–Crippen LogP) is 2.93. The molecule has 0 bridgehead atoms. The van der Waals surface area contributed by atoms with Crippen molar-refractivity contribution in [1.82, 2.24) is 9.55 Å². The van der Waals surface area contributed by atoms with Crippen molar-refractivity contribution >= 4 is 15.9 Å². The smallest absolute Gasteiger partial charge is 0.123 e. The fraction of sp³-hybridized carbons (Fsp3) is 0.357. The molecule has 2 N–H and O–H groups in total. The Morgan fingerprint density at radius 1 is 1.32 bits per heavy atom. The Balaban J connectivity index is 2.63. The SMILES string of the molecule is COc1ccc(-c2nc(CN)n(C)c2Br)c(C)c1C. The third-order valence-corrected chi connectivity index (χ3v) is 4.42. The number of aromatic nitrogens is 2. The molecule has 0 fully saturated rings. The minimum Gasteiger partial charge on any atom is -0.496 e. The van der Waals surface area contributed by atoms with Crippen LogP contribution in [-0.4, -0.2) is 16.7 Å². The summed E-state index contributed by atoms with van der Waals surface area (Å²) >= 11 is 3.59. The summed E-state index contributed by atoms with van der Waals surface area (Å²) < 4.78 is 8.25. The van der Waals surface area contributed by atoms with Gasteiger partial charge in [0.1, 0.15) is 21.9 Å². The molecule has 0 radical (unpaired) electrons. The predicted molar refractivity (Wildman–Crippen MR) is 80.3 cm³/mol. The standard InChI is InChI=1S/C14H18BrN3O/c1-8-9(2)11(19-4)6-5-10(8)13-14(15)18(3)12(7-16)17-13/h5-6H,7,16H2,1-4H3. The van der Waals surface area contributed by atoms with Crippen LogP contribution >= 0.6 is 15.9 Å². The molecule has 4 nitrogen and oxygen atoms in total. The van der Waals surface area contributed by atoms with Crippen molar-refractivity contribution in [2.24, 2.45) is 12.8 Å². The maximum Gasteiger partial charge on any atom is 0.123 e. The van der Waals surface area contributed by atoms with E-state index in [0.717, 1.165) is 33.0 Å². The summed E-state index contributed by atoms with van der Waals surface area (Å²) in [6.45, 7) is 4.55. The minimum absolute atomic E-state index is 0.420. The third-order valence-electron chi connectivity index (χ3n) is 3.51. The van der Waals surface area contributed by atoms with E-state index in [1.165, 1.54) is 5.56 Å². The highest BCUT2D eigenvalue weighted by Gasteiger charge is 2.17. The second-order valence-corrected chi connectivity index (χ2v) is 5.25. The number of ether oxygens (including phenoxy) is 1. The van der Waals surface area contributed by atoms with Crippen LogP contribution in [0.2, 0.25) is 0 Å². The fourth-order valence-corrected chi connectivity index (χ4v) is 2.66. The van der Waals surface area contributed by atoms with E-state index in [4.69, 9.17) is 10.5 Å². The van der Waals surface area contributed by atoms with Gasteiger partial charge in [0.25, 0.3) is 0 Å². The lowest BCUT2D eigenvalue weighted by Gasteiger charge is -2.11. The quantitative estimate of drug-likeness (QED) is 0.944. The van der Waals surface area contributed by atoms with Gasteiger partial charge in [-0.1, -0.05) is 0 Å². The van der Waals surface area contributed by atoms with Crippen LogP contribution < -0.4 is 10.5 Å². The molecule has 102 valence electrons. The number of hydrogen-bond acceptors (Lipinski definition) is 3. The second kappa shape index (κ2) is 5.35. The van der Waals surface area contributed by atoms with E-state index in [-0.39, 0.29) is 0 Å². The number of hydrogen-bond donors (Lipinski definition) is 1. The lowest BCUT2D eigenvalue weighted by atomic mass is 10.0. The molecule has 2 rings (SSSR count). The van der Waals surface area contributed by atoms with Crippen LogP contribution in [0.1, 0.15) is 17.0 Å². The van der Waals surface area contributed by atoms with Crippen molar-refractivity contribution in [3.8, 4) is 17.0 Å². The maximum atomic E-state index is 5.70. The first-order valence-corrected chi connectivity index (χ1v) is 6.86. The zero-order valence-corrected chi connectivity index (χ0v) is 13.2. The summed E-state index contributed by atoms with van der Waals surface area (Å²) in [5.74, 6) is 1.75. The lowest BCUT2D eigenvalue weighted by Crippen LogP contribution is -2.04. The van der Waals surface area contributed by atoms with Gasteiger partial charge in [-0.15, -0.1) is 0 Å². The van der Waals surface area contributed by atoms with Gasteiger partial charge in [0.2, 0.25) is 0 Å². The molecule has 0 unspecified atom stereocenters. The number of rotatable bonds is 3. The van der Waals surface area contributed by atoms with Crippen LogP contribution in [0.4, 0.5) is 0 Å². The molecular weight excluding hydrogens is 306 g/mol. The van der Waals surface area contributed by atoms with Gasteiger partial charge < -0.3 is 15.0 Å². The van der Waals surface area contributed by atoms with Crippen LogP contribution in [0.25, 0.3) is 11.3 Å². The first-order valence-electron chi connectivity index (χ1n) is 6.07. The second-order valence-electron chi connectivity index (χ2n) is 4.50. The summed E-state index contributed by atoms with van der Waals surface area (Å²) in [5.41, 5.74) is 10.0. The van der Waals surface area contributed by atoms with E-state index >= 15 is 0 Å². The number of nitrogens with zero attached hydrogens (tertiary/aromatic N) is 2. The molecule has 5 heteroatoms. The molecule has 1 aromatic heterocycles. The average Bonchev–Trinajstić information content (AvgIpc) is 2.69. The molecule has 0 aliphatic rings. The van der Waals surface area contributed by atoms with E-state index < -0.39 is 0 Å². The minimum atomic E-state index is 0.420. The summed E-state index contributed by atoms with van der Waals surface area (Å²) in [4.78, 5) is 4.61. The van der Waals surface area contributed by atoms with Gasteiger partial charge in [-0.3, -0.25) is 0 Å². The van der Waals surface area contributed by atoms with Gasteiger partial charge in [-0.25, -0.2) is 4.98 Å². The molecule has 0 aliphatic heterocycles. The molecule has 0 amide bonds. The Morgan fingerprint density at radius 3 is 2.53 bits per heavy atom. The van der Waals surface area contributed by atoms with Gasteiger partial charge in [0.05, 0.1) is 13.7 Å². The number of benzene rings is 1. The van der Waals surface area contributed by atoms with Gasteiger partial charge in [-0.05, 0) is 53.0 Å². The van der Waals surface area contributed by atoms with E-state index in [2.05, 4.69) is 34.8 Å². The molecule has 0 saturated heterocycles. The van der Waals surface area contributed by atoms with Crippen LogP contribution in [0.15, 0.2) is 16.7 Å². The summed E-state index contributed by atoms with van der Waals surface area (Å²) in [5, 5.41) is 0. The number of nitrogens with two attached hydrogens (primary N) is 1. The van der Waals surface area contributed by atoms with Crippen molar-refractivity contribution in [2.75, 3.05) is 7.11 Å². The third kappa shape index (κ3) is 2.28. The Hall–Kier alpha value is -1.33. The van der Waals surface area contributed by atoms with E-state index in [0.29, 0.717) is 6.54 Å². The highest BCUT2D eigenvalue weighted by molar-refractivity contribution is 9.10. The zero-order valence-electron chi connectivity index (χ0n) is 11.6. The highest BCUT2D eigenvalue weighted by atomic mass is 79.9. The number of imidazole rings is 1. The summed E-state index contributed by atoms with van der Waals surface area (Å²) in [6, 6.07) is 4.01. The average molecular weight is 324 g/mol. The monoisotopic (exact) mass is 323 g/mol. The first-order chi connectivity index (χ1) is 9.01. The van der Waals surface area contributed by atoms with Crippen LogP contribution in [0, 0.1) is 13.8 Å². The molecule has 1 aromatic carbocycles. The van der Waals surface area contributed by atoms with Crippen molar-refractivity contribution in [2.45, 2.75) is 20.4 Å². The number of methoxy groups -OCH3 is 1. The Kier molecular flexibility index (Phi) is 3.96. The molecule has 19 heavy (non-hydrogen) atoms. The van der Waals surface area contributed by atoms with Gasteiger partial charge in [0, 0.05) is 12.6 Å². The van der Waals surface area contributed by atoms with E-state index in [9.17, 15) is 0 Å². The topological polar surface area (TPSA) is 53.1 Å². The molecule has 1 heterocycles. The van der Waals surface area contributed by atoms with Crippen molar-refractivity contribution < 1.29 is 4.74 Å². The van der Waals surface area contributed by atoms with Crippen molar-refractivity contribution in [3.63, 3.8) is 0 Å². The van der Waals surface area contributed by atoms with E-state index in [1.54, 1.807) is 7.11 Å². The summed E-state index contributed by atoms with van der Waals surface area (Å²) in [7, 11) is 3.64. The largest absolute Gasteiger partial charge is 0.496 e. The number of halogens is 1. The highest BCUT2D eigenvalue weighted by Crippen LogP contribution is 2.34. The van der Waals surface area contributed by atoms with Crippen LogP contribution in [0.5, 0.6) is 5.75 Å². The first kappa shape index (κ1) is 14.1. The summed E-state index contributed by atoms with van der Waals surface area (Å²) in [6.07, 6.45) is 0. The van der Waals surface area contributed by atoms with Crippen LogP contribution in [0.3, 0.4) is 0 Å². The Bertz CT molecular complexity index is 620. The Morgan fingerprint density at radius 2 is 2.00 bits per heavy atom. The molecule has 0 aliphatic carbocycles. The van der Waals surface area contributed by atoms with Crippen LogP contribution in [-0.2, 0) is 13.6 Å². The molecule has 0 spiro atoms. The van der Waals surface area contributed by atoms with Crippen molar-refractivity contribution in [3.05, 3.63) is 33.7 Å². The fourth-order valence-electron chi connectivity index (χ4n) is 2.15. The maximum absolute atomic E-state index is 5.70. The lowest BCUT2D eigenvalue weighted by molar-refractivity contribution is 0.411. The Labute approximate surface area is 121 Å². The molecule has 0 saturated carbocycles. The normalized spacial score (nSPS) is 10.8. The van der Waals surface area contributed by atoms with E-state index in [1.807, 2.05) is 23.7 Å². The van der Waals surface area contributed by atoms with Crippen molar-refractivity contribution in [1.29, 1.82) is 0 Å². The van der Waals surface area contributed by atoms with Gasteiger partial charge in [-0.2, -0.15) is 0 Å². The van der Waals surface area contributed by atoms with Gasteiger partial charge >= 0.3 is 0 Å². The zero-order chi connectivity index (χ0) is 14.2. The molecule has 0 atom stereocenters.